The van der Waals surface area contributed by atoms with Crippen LogP contribution in [-0.4, -0.2) is 22.3 Å². The van der Waals surface area contributed by atoms with Crippen molar-refractivity contribution in [3.63, 3.8) is 0 Å². The average molecular weight is 414 g/mol. The largest absolute Gasteiger partial charge is 0.484 e. The number of rotatable bonds is 5. The van der Waals surface area contributed by atoms with Crippen LogP contribution < -0.4 is 10.1 Å². The van der Waals surface area contributed by atoms with Crippen LogP contribution in [-0.2, 0) is 4.79 Å². The molecule has 0 atom stereocenters. The van der Waals surface area contributed by atoms with E-state index in [4.69, 9.17) is 4.74 Å². The summed E-state index contributed by atoms with van der Waals surface area (Å²) in [6, 6.07) is 14.1. The zero-order valence-corrected chi connectivity index (χ0v) is 15.9. The second-order valence-electron chi connectivity index (χ2n) is 6.59. The number of fused-ring (bicyclic) bond motifs is 1. The summed E-state index contributed by atoms with van der Waals surface area (Å²) < 4.78 is 8.64. The molecule has 134 valence electrons. The molecule has 1 amide bonds. The molecule has 3 aromatic rings. The number of amides is 1. The molecule has 2 aromatic carbocycles. The van der Waals surface area contributed by atoms with Gasteiger partial charge in [-0.05, 0) is 47.9 Å². The van der Waals surface area contributed by atoms with Crippen LogP contribution in [0.3, 0.4) is 0 Å². The number of ether oxygens (including phenoxy) is 1. The van der Waals surface area contributed by atoms with Gasteiger partial charge in [0.05, 0.1) is 12.2 Å². The molecule has 0 bridgehead atoms. The minimum atomic E-state index is -0.180. The van der Waals surface area contributed by atoms with Crippen LogP contribution >= 0.6 is 15.9 Å². The molecule has 0 saturated heterocycles. The number of benzene rings is 2. The second-order valence-corrected chi connectivity index (χ2v) is 7.51. The van der Waals surface area contributed by atoms with Gasteiger partial charge < -0.3 is 10.1 Å². The van der Waals surface area contributed by atoms with E-state index in [0.717, 1.165) is 33.9 Å². The molecule has 1 aliphatic rings. The summed E-state index contributed by atoms with van der Waals surface area (Å²) in [5.41, 5.74) is 0. The van der Waals surface area contributed by atoms with E-state index in [-0.39, 0.29) is 12.5 Å². The quantitative estimate of drug-likeness (QED) is 0.644. The summed E-state index contributed by atoms with van der Waals surface area (Å²) in [4.78, 5) is 12.3. The molecule has 4 rings (SSSR count). The van der Waals surface area contributed by atoms with Crippen molar-refractivity contribution >= 4 is 38.4 Å². The zero-order chi connectivity index (χ0) is 17.9. The molecule has 1 N–H and O–H groups in total. The fourth-order valence-electron chi connectivity index (χ4n) is 3.47. The van der Waals surface area contributed by atoms with Gasteiger partial charge >= 0.3 is 0 Å². The molecule has 6 heteroatoms. The Balaban J connectivity index is 1.38. The minimum Gasteiger partial charge on any atom is -0.484 e. The maximum Gasteiger partial charge on any atom is 0.263 e. The van der Waals surface area contributed by atoms with E-state index in [2.05, 4.69) is 32.4 Å². The van der Waals surface area contributed by atoms with Crippen LogP contribution in [0, 0.1) is 0 Å². The van der Waals surface area contributed by atoms with Crippen molar-refractivity contribution in [2.75, 3.05) is 11.9 Å². The van der Waals surface area contributed by atoms with Crippen LogP contribution in [0.25, 0.3) is 10.8 Å². The lowest BCUT2D eigenvalue weighted by Crippen LogP contribution is -2.23. The zero-order valence-electron chi connectivity index (χ0n) is 14.3. The molecule has 0 aliphatic heterocycles. The number of nitrogens with zero attached hydrogens (tertiary/aromatic N) is 2. The molecule has 1 fully saturated rings. The van der Waals surface area contributed by atoms with E-state index >= 15 is 0 Å². The number of halogens is 1. The van der Waals surface area contributed by atoms with Crippen LogP contribution in [0.5, 0.6) is 5.75 Å². The lowest BCUT2D eigenvalue weighted by molar-refractivity contribution is -0.118. The number of carbonyl (C=O) groups is 1. The molecular formula is C20H20BrN3O2. The van der Waals surface area contributed by atoms with Crippen molar-refractivity contribution in [2.45, 2.75) is 31.7 Å². The summed E-state index contributed by atoms with van der Waals surface area (Å²) in [6.45, 7) is -0.0299. The van der Waals surface area contributed by atoms with E-state index in [1.54, 1.807) is 6.20 Å². The summed E-state index contributed by atoms with van der Waals surface area (Å²) in [6.07, 6.45) is 6.41. The Kier molecular flexibility index (Phi) is 4.93. The average Bonchev–Trinajstić information content (AvgIpc) is 3.31. The number of carbonyl (C=O) groups excluding carboxylic acids is 1. The van der Waals surface area contributed by atoms with Crippen molar-refractivity contribution in [3.05, 3.63) is 53.1 Å². The lowest BCUT2D eigenvalue weighted by atomic mass is 10.1. The Bertz CT molecular complexity index is 932. The van der Waals surface area contributed by atoms with Gasteiger partial charge in [-0.1, -0.05) is 40.9 Å². The predicted octanol–water partition coefficient (Wildman–Crippen LogP) is 4.93. The highest BCUT2D eigenvalue weighted by molar-refractivity contribution is 9.10. The van der Waals surface area contributed by atoms with Crippen molar-refractivity contribution in [2.24, 2.45) is 0 Å². The standard InChI is InChI=1S/C20H20BrN3O2/c21-16-7-5-15-12-18(8-6-14(15)11-16)26-13-20(25)23-19-9-10-22-24(19)17-3-1-2-4-17/h5-12,17H,1-4,13H2,(H,23,25). The van der Waals surface area contributed by atoms with Crippen LogP contribution in [0.4, 0.5) is 5.82 Å². The number of nitrogens with one attached hydrogen (secondary N) is 1. The third kappa shape index (κ3) is 3.75. The van der Waals surface area contributed by atoms with Gasteiger partial charge in [0.2, 0.25) is 0 Å². The Morgan fingerprint density at radius 3 is 2.77 bits per heavy atom. The fraction of sp³-hybridized carbons (Fsp3) is 0.300. The first kappa shape index (κ1) is 17.1. The molecule has 5 nitrogen and oxygen atoms in total. The van der Waals surface area contributed by atoms with Crippen LogP contribution in [0.1, 0.15) is 31.7 Å². The molecule has 1 heterocycles. The fourth-order valence-corrected chi connectivity index (χ4v) is 3.84. The molecular weight excluding hydrogens is 394 g/mol. The summed E-state index contributed by atoms with van der Waals surface area (Å²) in [7, 11) is 0. The number of hydrogen-bond donors (Lipinski definition) is 1. The Morgan fingerprint density at radius 2 is 1.92 bits per heavy atom. The predicted molar refractivity (Wildman–Crippen MR) is 106 cm³/mol. The van der Waals surface area contributed by atoms with Gasteiger partial charge in [0.25, 0.3) is 5.91 Å². The monoisotopic (exact) mass is 413 g/mol. The molecule has 26 heavy (non-hydrogen) atoms. The van der Waals surface area contributed by atoms with Gasteiger partial charge in [-0.15, -0.1) is 0 Å². The normalized spacial score (nSPS) is 14.7. The summed E-state index contributed by atoms with van der Waals surface area (Å²) in [5.74, 6) is 1.24. The molecule has 0 spiro atoms. The van der Waals surface area contributed by atoms with Crippen molar-refractivity contribution in [3.8, 4) is 5.75 Å². The van der Waals surface area contributed by atoms with Gasteiger partial charge in [-0.3, -0.25) is 4.79 Å². The maximum absolute atomic E-state index is 12.3. The third-order valence-corrected chi connectivity index (χ3v) is 5.25. The highest BCUT2D eigenvalue weighted by Crippen LogP contribution is 2.31. The smallest absolute Gasteiger partial charge is 0.263 e. The van der Waals surface area contributed by atoms with E-state index in [9.17, 15) is 4.79 Å². The molecule has 1 saturated carbocycles. The topological polar surface area (TPSA) is 56.1 Å². The highest BCUT2D eigenvalue weighted by Gasteiger charge is 2.20. The van der Waals surface area contributed by atoms with Crippen LogP contribution in [0.2, 0.25) is 0 Å². The highest BCUT2D eigenvalue weighted by atomic mass is 79.9. The van der Waals surface area contributed by atoms with E-state index in [1.165, 1.54) is 12.8 Å². The van der Waals surface area contributed by atoms with Crippen molar-refractivity contribution < 1.29 is 9.53 Å². The second kappa shape index (κ2) is 7.50. The Morgan fingerprint density at radius 1 is 1.15 bits per heavy atom. The van der Waals surface area contributed by atoms with Crippen molar-refractivity contribution in [1.82, 2.24) is 9.78 Å². The summed E-state index contributed by atoms with van der Waals surface area (Å²) >= 11 is 3.47. The Labute approximate surface area is 160 Å². The first-order valence-electron chi connectivity index (χ1n) is 8.84. The first-order valence-corrected chi connectivity index (χ1v) is 9.64. The molecule has 0 radical (unpaired) electrons. The first-order chi connectivity index (χ1) is 12.7. The van der Waals surface area contributed by atoms with E-state index < -0.39 is 0 Å². The molecule has 1 aromatic heterocycles. The minimum absolute atomic E-state index is 0.0299. The lowest BCUT2D eigenvalue weighted by Gasteiger charge is -2.15. The molecule has 0 unspecified atom stereocenters. The summed E-state index contributed by atoms with van der Waals surface area (Å²) in [5, 5.41) is 9.48. The number of anilines is 1. The molecule has 1 aliphatic carbocycles. The number of aromatic nitrogens is 2. The van der Waals surface area contributed by atoms with Gasteiger partial charge in [0.1, 0.15) is 11.6 Å². The van der Waals surface area contributed by atoms with E-state index in [0.29, 0.717) is 11.8 Å². The van der Waals surface area contributed by atoms with Gasteiger partial charge in [0, 0.05) is 10.5 Å². The van der Waals surface area contributed by atoms with Crippen molar-refractivity contribution in [1.29, 1.82) is 0 Å². The Hall–Kier alpha value is -2.34. The van der Waals surface area contributed by atoms with E-state index in [1.807, 2.05) is 41.1 Å². The van der Waals surface area contributed by atoms with Gasteiger partial charge in [-0.25, -0.2) is 4.68 Å². The van der Waals surface area contributed by atoms with Gasteiger partial charge in [-0.2, -0.15) is 5.10 Å². The third-order valence-electron chi connectivity index (χ3n) is 4.75. The maximum atomic E-state index is 12.3. The van der Waals surface area contributed by atoms with Gasteiger partial charge in [0.15, 0.2) is 6.61 Å². The number of hydrogen-bond acceptors (Lipinski definition) is 3. The SMILES string of the molecule is O=C(COc1ccc2cc(Br)ccc2c1)Nc1ccnn1C1CCCC1. The van der Waals surface area contributed by atoms with Crippen LogP contribution in [0.15, 0.2) is 53.1 Å².